The van der Waals surface area contributed by atoms with Crippen molar-refractivity contribution in [3.8, 4) is 5.75 Å². The molecule has 1 heterocycles. The van der Waals surface area contributed by atoms with Gasteiger partial charge >= 0.3 is 0 Å². The number of thiophene rings is 1. The Bertz CT molecular complexity index is 623. The fourth-order valence-electron chi connectivity index (χ4n) is 1.61. The molecule has 0 aliphatic carbocycles. The topological polar surface area (TPSA) is 38.3 Å². The summed E-state index contributed by atoms with van der Waals surface area (Å²) in [4.78, 5) is 12.8. The molecule has 0 aliphatic rings. The fraction of sp³-hybridized carbons (Fsp3) is 0.267. The Kier molecular flexibility index (Phi) is 5.84. The van der Waals surface area contributed by atoms with Crippen LogP contribution in [0.1, 0.15) is 29.9 Å². The summed E-state index contributed by atoms with van der Waals surface area (Å²) in [5.41, 5.74) is 0.724. The Morgan fingerprint density at radius 1 is 1.38 bits per heavy atom. The molecule has 0 aliphatic heterocycles. The zero-order valence-electron chi connectivity index (χ0n) is 11.7. The summed E-state index contributed by atoms with van der Waals surface area (Å²) in [5.74, 6) is 0.628. The number of carbonyl (C=O) groups excluding carboxylic acids is 1. The molecule has 1 aromatic heterocycles. The van der Waals surface area contributed by atoms with Crippen molar-refractivity contribution in [3.63, 3.8) is 0 Å². The molecule has 3 nitrogen and oxygen atoms in total. The van der Waals surface area contributed by atoms with Crippen molar-refractivity contribution in [1.29, 1.82) is 0 Å². The van der Waals surface area contributed by atoms with E-state index in [1.807, 2.05) is 31.2 Å². The SMILES string of the molecule is CCC(C)Oc1cccc(NC(=O)c2cc(Br)c(Br)s2)c1. The molecule has 0 fully saturated rings. The van der Waals surface area contributed by atoms with Crippen LogP contribution >= 0.6 is 43.2 Å². The third-order valence-corrected chi connectivity index (χ3v) is 6.13. The normalized spacial score (nSPS) is 12.0. The Labute approximate surface area is 145 Å². The molecule has 112 valence electrons. The summed E-state index contributed by atoms with van der Waals surface area (Å²) < 4.78 is 7.54. The van der Waals surface area contributed by atoms with Crippen LogP contribution in [0, 0.1) is 0 Å². The number of anilines is 1. The molecule has 21 heavy (non-hydrogen) atoms. The first-order valence-corrected chi connectivity index (χ1v) is 8.92. The van der Waals surface area contributed by atoms with Crippen LogP contribution in [0.5, 0.6) is 5.75 Å². The van der Waals surface area contributed by atoms with Gasteiger partial charge in [-0.3, -0.25) is 4.79 Å². The number of nitrogens with one attached hydrogen (secondary N) is 1. The van der Waals surface area contributed by atoms with Gasteiger partial charge in [-0.2, -0.15) is 0 Å². The molecule has 1 amide bonds. The van der Waals surface area contributed by atoms with Crippen LogP contribution in [-0.2, 0) is 0 Å². The van der Waals surface area contributed by atoms with Crippen LogP contribution in [0.2, 0.25) is 0 Å². The Morgan fingerprint density at radius 3 is 2.76 bits per heavy atom. The van der Waals surface area contributed by atoms with Crippen LogP contribution in [0.3, 0.4) is 0 Å². The van der Waals surface area contributed by atoms with Gasteiger partial charge in [-0.05, 0) is 63.4 Å². The van der Waals surface area contributed by atoms with E-state index in [9.17, 15) is 4.79 Å². The average molecular weight is 433 g/mol. The lowest BCUT2D eigenvalue weighted by Gasteiger charge is -2.13. The molecule has 1 atom stereocenters. The lowest BCUT2D eigenvalue weighted by molar-refractivity contribution is 0.103. The Morgan fingerprint density at radius 2 is 2.14 bits per heavy atom. The highest BCUT2D eigenvalue weighted by Crippen LogP contribution is 2.32. The molecule has 0 spiro atoms. The standard InChI is InChI=1S/C15H15Br2NO2S/c1-3-9(2)20-11-6-4-5-10(7-11)18-15(19)13-8-12(16)14(17)21-13/h4-9H,3H2,1-2H3,(H,18,19). The first-order chi connectivity index (χ1) is 9.99. The van der Waals surface area contributed by atoms with Crippen LogP contribution in [0.25, 0.3) is 0 Å². The zero-order chi connectivity index (χ0) is 15.4. The predicted octanol–water partition coefficient (Wildman–Crippen LogP) is 5.70. The smallest absolute Gasteiger partial charge is 0.265 e. The zero-order valence-corrected chi connectivity index (χ0v) is 15.6. The van der Waals surface area contributed by atoms with Crippen LogP contribution < -0.4 is 10.1 Å². The second-order valence-electron chi connectivity index (χ2n) is 4.55. The van der Waals surface area contributed by atoms with E-state index in [0.717, 1.165) is 26.1 Å². The minimum atomic E-state index is -0.132. The maximum absolute atomic E-state index is 12.2. The number of carbonyl (C=O) groups is 1. The van der Waals surface area contributed by atoms with Crippen molar-refractivity contribution in [2.24, 2.45) is 0 Å². The minimum absolute atomic E-state index is 0.132. The number of hydrogen-bond donors (Lipinski definition) is 1. The molecule has 1 N–H and O–H groups in total. The van der Waals surface area contributed by atoms with Crippen LogP contribution in [0.4, 0.5) is 5.69 Å². The van der Waals surface area contributed by atoms with Gasteiger partial charge in [-0.1, -0.05) is 13.0 Å². The molecule has 2 rings (SSSR count). The third kappa shape index (κ3) is 4.56. The third-order valence-electron chi connectivity index (χ3n) is 2.87. The van der Waals surface area contributed by atoms with Crippen LogP contribution in [-0.4, -0.2) is 12.0 Å². The molecular weight excluding hydrogens is 418 g/mol. The van der Waals surface area contributed by atoms with Crippen molar-refractivity contribution in [2.45, 2.75) is 26.4 Å². The number of amides is 1. The van der Waals surface area contributed by atoms with Gasteiger partial charge in [-0.15, -0.1) is 11.3 Å². The summed E-state index contributed by atoms with van der Waals surface area (Å²) in [6.45, 7) is 4.09. The van der Waals surface area contributed by atoms with Gasteiger partial charge in [0.25, 0.3) is 5.91 Å². The van der Waals surface area contributed by atoms with Crippen molar-refractivity contribution < 1.29 is 9.53 Å². The van der Waals surface area contributed by atoms with E-state index in [2.05, 4.69) is 44.1 Å². The highest BCUT2D eigenvalue weighted by atomic mass is 79.9. The number of benzene rings is 1. The highest BCUT2D eigenvalue weighted by molar-refractivity contribution is 9.13. The van der Waals surface area contributed by atoms with Gasteiger partial charge in [-0.25, -0.2) is 0 Å². The molecule has 0 radical (unpaired) electrons. The van der Waals surface area contributed by atoms with Crippen molar-refractivity contribution >= 4 is 54.8 Å². The van der Waals surface area contributed by atoms with Gasteiger partial charge in [0.1, 0.15) is 5.75 Å². The molecule has 0 saturated carbocycles. The number of rotatable bonds is 5. The molecule has 0 saturated heterocycles. The van der Waals surface area contributed by atoms with Gasteiger partial charge in [0.05, 0.1) is 14.8 Å². The van der Waals surface area contributed by atoms with Crippen molar-refractivity contribution in [2.75, 3.05) is 5.32 Å². The summed E-state index contributed by atoms with van der Waals surface area (Å²) >= 11 is 8.15. The number of hydrogen-bond acceptors (Lipinski definition) is 3. The van der Waals surface area contributed by atoms with Gasteiger partial charge in [0.2, 0.25) is 0 Å². The van der Waals surface area contributed by atoms with E-state index in [1.165, 1.54) is 11.3 Å². The van der Waals surface area contributed by atoms with E-state index in [1.54, 1.807) is 6.07 Å². The summed E-state index contributed by atoms with van der Waals surface area (Å²) in [6.07, 6.45) is 1.09. The molecule has 2 aromatic rings. The molecule has 1 aromatic carbocycles. The van der Waals surface area contributed by atoms with Crippen LogP contribution in [0.15, 0.2) is 38.6 Å². The molecular formula is C15H15Br2NO2S. The maximum Gasteiger partial charge on any atom is 0.265 e. The summed E-state index contributed by atoms with van der Waals surface area (Å²) in [5, 5.41) is 2.88. The lowest BCUT2D eigenvalue weighted by Crippen LogP contribution is -2.12. The van der Waals surface area contributed by atoms with E-state index in [0.29, 0.717) is 4.88 Å². The highest BCUT2D eigenvalue weighted by Gasteiger charge is 2.12. The molecule has 6 heteroatoms. The second-order valence-corrected chi connectivity index (χ2v) is 7.78. The fourth-order valence-corrected chi connectivity index (χ4v) is 3.54. The largest absolute Gasteiger partial charge is 0.491 e. The molecule has 1 unspecified atom stereocenters. The molecule has 0 bridgehead atoms. The predicted molar refractivity (Wildman–Crippen MR) is 94.5 cm³/mol. The van der Waals surface area contributed by atoms with Gasteiger partial charge in [0.15, 0.2) is 0 Å². The van der Waals surface area contributed by atoms with Gasteiger partial charge < -0.3 is 10.1 Å². The Balaban J connectivity index is 2.08. The second kappa shape index (κ2) is 7.42. The lowest BCUT2D eigenvalue weighted by atomic mass is 10.2. The van der Waals surface area contributed by atoms with Gasteiger partial charge in [0, 0.05) is 16.2 Å². The monoisotopic (exact) mass is 431 g/mol. The minimum Gasteiger partial charge on any atom is -0.491 e. The van der Waals surface area contributed by atoms with Crippen molar-refractivity contribution in [1.82, 2.24) is 0 Å². The van der Waals surface area contributed by atoms with E-state index in [4.69, 9.17) is 4.74 Å². The Hall–Kier alpha value is -0.850. The van der Waals surface area contributed by atoms with Crippen molar-refractivity contribution in [3.05, 3.63) is 43.5 Å². The number of ether oxygens (including phenoxy) is 1. The quantitative estimate of drug-likeness (QED) is 0.657. The first kappa shape index (κ1) is 16.5. The average Bonchev–Trinajstić information content (AvgIpc) is 2.79. The number of halogens is 2. The maximum atomic E-state index is 12.2. The van der Waals surface area contributed by atoms with E-state index < -0.39 is 0 Å². The van der Waals surface area contributed by atoms with E-state index in [-0.39, 0.29) is 12.0 Å². The summed E-state index contributed by atoms with van der Waals surface area (Å²) in [6, 6.07) is 9.23. The first-order valence-electron chi connectivity index (χ1n) is 6.52. The summed E-state index contributed by atoms with van der Waals surface area (Å²) in [7, 11) is 0. The van der Waals surface area contributed by atoms with E-state index >= 15 is 0 Å².